The Morgan fingerprint density at radius 3 is 2.83 bits per heavy atom. The van der Waals surface area contributed by atoms with Gasteiger partial charge in [0.1, 0.15) is 5.82 Å². The standard InChI is InChI=1S/C14H21N3O/c1-3-11(8-9-18)15-10-14-16-12-6-4-5-7-13(12)17(14)2/h4-7,11,15,18H,3,8-10H2,1-2H3. The molecule has 98 valence electrons. The molecule has 0 bridgehead atoms. The van der Waals surface area contributed by atoms with E-state index in [0.717, 1.165) is 36.2 Å². The van der Waals surface area contributed by atoms with Gasteiger partial charge in [0.15, 0.2) is 0 Å². The third kappa shape index (κ3) is 2.71. The lowest BCUT2D eigenvalue weighted by Crippen LogP contribution is -2.29. The molecule has 0 saturated heterocycles. The van der Waals surface area contributed by atoms with Crippen molar-refractivity contribution >= 4 is 11.0 Å². The summed E-state index contributed by atoms with van der Waals surface area (Å²) >= 11 is 0. The molecule has 4 nitrogen and oxygen atoms in total. The van der Waals surface area contributed by atoms with Gasteiger partial charge in [0.2, 0.25) is 0 Å². The van der Waals surface area contributed by atoms with Crippen LogP contribution in [0, 0.1) is 0 Å². The zero-order chi connectivity index (χ0) is 13.0. The second-order valence-electron chi connectivity index (χ2n) is 4.57. The quantitative estimate of drug-likeness (QED) is 0.818. The highest BCUT2D eigenvalue weighted by molar-refractivity contribution is 5.75. The second-order valence-corrected chi connectivity index (χ2v) is 4.57. The molecule has 0 aliphatic carbocycles. The molecule has 1 atom stereocenters. The SMILES string of the molecule is CCC(CCO)NCc1nc2ccccc2n1C. The predicted octanol–water partition coefficient (Wildman–Crippen LogP) is 1.82. The van der Waals surface area contributed by atoms with Crippen LogP contribution in [-0.4, -0.2) is 27.3 Å². The van der Waals surface area contributed by atoms with Crippen LogP contribution >= 0.6 is 0 Å². The number of aliphatic hydroxyl groups is 1. The molecule has 1 aromatic heterocycles. The predicted molar refractivity (Wildman–Crippen MR) is 73.3 cm³/mol. The van der Waals surface area contributed by atoms with Crippen molar-refractivity contribution in [3.05, 3.63) is 30.1 Å². The summed E-state index contributed by atoms with van der Waals surface area (Å²) in [5.41, 5.74) is 2.19. The number of aliphatic hydroxyl groups excluding tert-OH is 1. The number of nitrogens with one attached hydrogen (secondary N) is 1. The number of benzene rings is 1. The summed E-state index contributed by atoms with van der Waals surface area (Å²) in [6, 6.07) is 8.50. The van der Waals surface area contributed by atoms with Crippen LogP contribution in [0.25, 0.3) is 11.0 Å². The van der Waals surface area contributed by atoms with Gasteiger partial charge in [-0.25, -0.2) is 4.98 Å². The molecule has 2 rings (SSSR count). The summed E-state index contributed by atoms with van der Waals surface area (Å²) in [5, 5.41) is 12.4. The van der Waals surface area contributed by atoms with Gasteiger partial charge in [0, 0.05) is 19.7 Å². The molecule has 0 aliphatic rings. The number of hydrogen-bond donors (Lipinski definition) is 2. The van der Waals surface area contributed by atoms with Gasteiger partial charge in [0.25, 0.3) is 0 Å². The Kier molecular flexibility index (Phi) is 4.33. The third-order valence-corrected chi connectivity index (χ3v) is 3.40. The highest BCUT2D eigenvalue weighted by Crippen LogP contribution is 2.14. The first-order chi connectivity index (χ1) is 8.76. The van der Waals surface area contributed by atoms with Crippen LogP contribution in [0.4, 0.5) is 0 Å². The molecule has 2 aromatic rings. The molecule has 0 aliphatic heterocycles. The summed E-state index contributed by atoms with van der Waals surface area (Å²) in [6.07, 6.45) is 1.81. The Balaban J connectivity index is 2.09. The first kappa shape index (κ1) is 13.1. The number of hydrogen-bond acceptors (Lipinski definition) is 3. The Labute approximate surface area is 108 Å². The van der Waals surface area contributed by atoms with Gasteiger partial charge in [0.05, 0.1) is 17.6 Å². The zero-order valence-electron chi connectivity index (χ0n) is 11.1. The largest absolute Gasteiger partial charge is 0.396 e. The van der Waals surface area contributed by atoms with Gasteiger partial charge in [-0.05, 0) is 25.0 Å². The molecule has 0 spiro atoms. The third-order valence-electron chi connectivity index (χ3n) is 3.40. The first-order valence-corrected chi connectivity index (χ1v) is 6.50. The van der Waals surface area contributed by atoms with E-state index in [2.05, 4.69) is 27.9 Å². The van der Waals surface area contributed by atoms with Crippen LogP contribution in [0.15, 0.2) is 24.3 Å². The number of rotatable bonds is 6. The number of aryl methyl sites for hydroxylation is 1. The average Bonchev–Trinajstić information content (AvgIpc) is 2.72. The lowest BCUT2D eigenvalue weighted by molar-refractivity contribution is 0.261. The summed E-state index contributed by atoms with van der Waals surface area (Å²) in [4.78, 5) is 4.62. The summed E-state index contributed by atoms with van der Waals surface area (Å²) in [5.74, 6) is 1.03. The minimum atomic E-state index is 0.230. The Morgan fingerprint density at radius 2 is 2.17 bits per heavy atom. The minimum Gasteiger partial charge on any atom is -0.396 e. The molecule has 0 fully saturated rings. The van der Waals surface area contributed by atoms with E-state index in [4.69, 9.17) is 5.11 Å². The maximum absolute atomic E-state index is 8.97. The summed E-state index contributed by atoms with van der Waals surface area (Å²) in [7, 11) is 2.04. The van der Waals surface area contributed by atoms with Gasteiger partial charge in [-0.1, -0.05) is 19.1 Å². The van der Waals surface area contributed by atoms with E-state index >= 15 is 0 Å². The Hall–Kier alpha value is -1.39. The fourth-order valence-electron chi connectivity index (χ4n) is 2.20. The monoisotopic (exact) mass is 247 g/mol. The highest BCUT2D eigenvalue weighted by atomic mass is 16.3. The van der Waals surface area contributed by atoms with Crippen LogP contribution in [0.1, 0.15) is 25.6 Å². The van der Waals surface area contributed by atoms with Gasteiger partial charge in [-0.3, -0.25) is 0 Å². The van der Waals surface area contributed by atoms with E-state index in [0.29, 0.717) is 6.04 Å². The molecule has 4 heteroatoms. The number of imidazole rings is 1. The van der Waals surface area contributed by atoms with Crippen LogP contribution in [0.3, 0.4) is 0 Å². The molecule has 1 unspecified atom stereocenters. The molecule has 1 heterocycles. The topological polar surface area (TPSA) is 50.1 Å². The lowest BCUT2D eigenvalue weighted by Gasteiger charge is -2.15. The zero-order valence-corrected chi connectivity index (χ0v) is 11.1. The molecule has 1 aromatic carbocycles. The fraction of sp³-hybridized carbons (Fsp3) is 0.500. The van der Waals surface area contributed by atoms with Gasteiger partial charge < -0.3 is 15.0 Å². The van der Waals surface area contributed by atoms with Crippen LogP contribution in [0.2, 0.25) is 0 Å². The highest BCUT2D eigenvalue weighted by Gasteiger charge is 2.09. The summed E-state index contributed by atoms with van der Waals surface area (Å²) < 4.78 is 2.12. The van der Waals surface area contributed by atoms with Crippen molar-refractivity contribution < 1.29 is 5.11 Å². The van der Waals surface area contributed by atoms with Crippen molar-refractivity contribution in [1.29, 1.82) is 0 Å². The van der Waals surface area contributed by atoms with E-state index in [-0.39, 0.29) is 6.61 Å². The maximum Gasteiger partial charge on any atom is 0.123 e. The van der Waals surface area contributed by atoms with Crippen molar-refractivity contribution in [2.75, 3.05) is 6.61 Å². The normalized spacial score (nSPS) is 13.1. The Bertz CT molecular complexity index is 507. The number of nitrogens with zero attached hydrogens (tertiary/aromatic N) is 2. The average molecular weight is 247 g/mol. The smallest absolute Gasteiger partial charge is 0.123 e. The number of aromatic nitrogens is 2. The van der Waals surface area contributed by atoms with E-state index < -0.39 is 0 Å². The van der Waals surface area contributed by atoms with E-state index in [1.807, 2.05) is 25.2 Å². The molecular formula is C14H21N3O. The van der Waals surface area contributed by atoms with Crippen molar-refractivity contribution in [1.82, 2.24) is 14.9 Å². The van der Waals surface area contributed by atoms with Gasteiger partial charge >= 0.3 is 0 Å². The maximum atomic E-state index is 8.97. The van der Waals surface area contributed by atoms with Crippen molar-refractivity contribution in [2.45, 2.75) is 32.4 Å². The van der Waals surface area contributed by atoms with Gasteiger partial charge in [-0.15, -0.1) is 0 Å². The second kappa shape index (κ2) is 5.98. The lowest BCUT2D eigenvalue weighted by atomic mass is 10.1. The number of fused-ring (bicyclic) bond motifs is 1. The van der Waals surface area contributed by atoms with Crippen LogP contribution in [-0.2, 0) is 13.6 Å². The first-order valence-electron chi connectivity index (χ1n) is 6.50. The Morgan fingerprint density at radius 1 is 1.39 bits per heavy atom. The van der Waals surface area contributed by atoms with Crippen molar-refractivity contribution in [3.8, 4) is 0 Å². The number of para-hydroxylation sites is 2. The molecule has 0 radical (unpaired) electrons. The van der Waals surface area contributed by atoms with Crippen LogP contribution in [0.5, 0.6) is 0 Å². The molecule has 2 N–H and O–H groups in total. The van der Waals surface area contributed by atoms with Crippen LogP contribution < -0.4 is 5.32 Å². The fourth-order valence-corrected chi connectivity index (χ4v) is 2.20. The minimum absolute atomic E-state index is 0.230. The van der Waals surface area contributed by atoms with Crippen molar-refractivity contribution in [3.63, 3.8) is 0 Å². The molecule has 0 amide bonds. The van der Waals surface area contributed by atoms with E-state index in [1.54, 1.807) is 0 Å². The van der Waals surface area contributed by atoms with E-state index in [1.165, 1.54) is 0 Å². The summed E-state index contributed by atoms with van der Waals surface area (Å²) in [6.45, 7) is 3.10. The molecular weight excluding hydrogens is 226 g/mol. The van der Waals surface area contributed by atoms with E-state index in [9.17, 15) is 0 Å². The van der Waals surface area contributed by atoms with Gasteiger partial charge in [-0.2, -0.15) is 0 Å². The molecule has 0 saturated carbocycles. The van der Waals surface area contributed by atoms with Crippen molar-refractivity contribution in [2.24, 2.45) is 7.05 Å². The molecule has 18 heavy (non-hydrogen) atoms.